The quantitative estimate of drug-likeness (QED) is 0.507. The lowest BCUT2D eigenvalue weighted by Crippen LogP contribution is -2.15. The van der Waals surface area contributed by atoms with Crippen molar-refractivity contribution in [3.8, 4) is 5.75 Å². The van der Waals surface area contributed by atoms with Gasteiger partial charge in [-0.3, -0.25) is 0 Å². The summed E-state index contributed by atoms with van der Waals surface area (Å²) in [6.07, 6.45) is 2.08. The Morgan fingerprint density at radius 1 is 1.16 bits per heavy atom. The maximum atomic E-state index is 13.4. The lowest BCUT2D eigenvalue weighted by atomic mass is 10.1. The molecule has 25 heavy (non-hydrogen) atoms. The van der Waals surface area contributed by atoms with Gasteiger partial charge in [-0.15, -0.1) is 0 Å². The van der Waals surface area contributed by atoms with Crippen LogP contribution in [0.25, 0.3) is 11.0 Å². The number of fused-ring (bicyclic) bond motifs is 1. The molecule has 1 heterocycles. The first kappa shape index (κ1) is 16.9. The van der Waals surface area contributed by atoms with Crippen molar-refractivity contribution in [1.82, 2.24) is 0 Å². The second kappa shape index (κ2) is 7.30. The standard InChI is InChI=1S/C20H17FO4/c1-2-3-9-16-18(15-10-4-5-11-17(15)24-20(16)23)25-19(22)13-7-6-8-14(21)12-13/h4-8,10-12H,2-3,9H2,1H3. The van der Waals surface area contributed by atoms with Gasteiger partial charge in [0.25, 0.3) is 0 Å². The lowest BCUT2D eigenvalue weighted by molar-refractivity contribution is 0.0734. The fourth-order valence-electron chi connectivity index (χ4n) is 2.61. The zero-order chi connectivity index (χ0) is 17.8. The van der Waals surface area contributed by atoms with Crippen LogP contribution in [-0.4, -0.2) is 5.97 Å². The third-order valence-corrected chi connectivity index (χ3v) is 3.89. The van der Waals surface area contributed by atoms with Gasteiger partial charge < -0.3 is 9.15 Å². The fraction of sp³-hybridized carbons (Fsp3) is 0.200. The van der Waals surface area contributed by atoms with E-state index in [0.29, 0.717) is 23.0 Å². The fourth-order valence-corrected chi connectivity index (χ4v) is 2.61. The number of hydrogen-bond acceptors (Lipinski definition) is 4. The second-order valence-electron chi connectivity index (χ2n) is 5.70. The number of benzene rings is 2. The molecule has 4 nitrogen and oxygen atoms in total. The summed E-state index contributed by atoms with van der Waals surface area (Å²) in [5.41, 5.74) is 0.230. The van der Waals surface area contributed by atoms with Gasteiger partial charge in [0.1, 0.15) is 11.4 Å². The highest BCUT2D eigenvalue weighted by Gasteiger charge is 2.19. The van der Waals surface area contributed by atoms with Crippen LogP contribution in [-0.2, 0) is 6.42 Å². The second-order valence-corrected chi connectivity index (χ2v) is 5.70. The number of para-hydroxylation sites is 1. The van der Waals surface area contributed by atoms with Crippen molar-refractivity contribution in [3.05, 3.63) is 75.9 Å². The minimum Gasteiger partial charge on any atom is -0.422 e. The summed E-state index contributed by atoms with van der Waals surface area (Å²) in [4.78, 5) is 24.7. The summed E-state index contributed by atoms with van der Waals surface area (Å²) in [5, 5.41) is 0.540. The monoisotopic (exact) mass is 340 g/mol. The van der Waals surface area contributed by atoms with Gasteiger partial charge in [-0.2, -0.15) is 0 Å². The van der Waals surface area contributed by atoms with E-state index in [2.05, 4.69) is 0 Å². The van der Waals surface area contributed by atoms with E-state index in [1.807, 2.05) is 6.92 Å². The Hall–Kier alpha value is -2.95. The molecule has 2 aromatic carbocycles. The molecule has 1 aromatic heterocycles. The number of rotatable bonds is 5. The molecule has 0 radical (unpaired) electrons. The predicted octanol–water partition coefficient (Wildman–Crippen LogP) is 4.49. The van der Waals surface area contributed by atoms with Crippen LogP contribution in [0.3, 0.4) is 0 Å². The number of unbranched alkanes of at least 4 members (excludes halogenated alkanes) is 1. The Balaban J connectivity index is 2.09. The van der Waals surface area contributed by atoms with Crippen LogP contribution < -0.4 is 10.4 Å². The van der Waals surface area contributed by atoms with Gasteiger partial charge in [-0.05, 0) is 43.2 Å². The zero-order valence-electron chi connectivity index (χ0n) is 13.8. The molecular weight excluding hydrogens is 323 g/mol. The molecule has 0 amide bonds. The first-order chi connectivity index (χ1) is 12.1. The van der Waals surface area contributed by atoms with E-state index >= 15 is 0 Å². The molecule has 0 atom stereocenters. The molecule has 0 N–H and O–H groups in total. The first-order valence-electron chi connectivity index (χ1n) is 8.12. The van der Waals surface area contributed by atoms with Crippen molar-refractivity contribution >= 4 is 16.9 Å². The molecule has 0 saturated carbocycles. The zero-order valence-corrected chi connectivity index (χ0v) is 13.8. The number of halogens is 1. The minimum atomic E-state index is -0.715. The molecule has 0 bridgehead atoms. The Morgan fingerprint density at radius 2 is 1.96 bits per heavy atom. The molecule has 0 spiro atoms. The van der Waals surface area contributed by atoms with Crippen molar-refractivity contribution in [2.75, 3.05) is 0 Å². The van der Waals surface area contributed by atoms with Gasteiger partial charge in [0.05, 0.1) is 16.5 Å². The molecule has 3 aromatic rings. The molecule has 0 unspecified atom stereocenters. The number of carbonyl (C=O) groups excluding carboxylic acids is 1. The summed E-state index contributed by atoms with van der Waals surface area (Å²) in [6.45, 7) is 2.00. The smallest absolute Gasteiger partial charge is 0.343 e. The van der Waals surface area contributed by atoms with Crippen molar-refractivity contribution in [3.63, 3.8) is 0 Å². The molecule has 5 heteroatoms. The Bertz CT molecular complexity index is 975. The third kappa shape index (κ3) is 3.60. The van der Waals surface area contributed by atoms with E-state index in [1.54, 1.807) is 24.3 Å². The highest BCUT2D eigenvalue weighted by molar-refractivity contribution is 5.94. The van der Waals surface area contributed by atoms with Gasteiger partial charge in [-0.1, -0.05) is 31.5 Å². The highest BCUT2D eigenvalue weighted by Crippen LogP contribution is 2.29. The number of carbonyl (C=O) groups is 1. The molecule has 3 rings (SSSR count). The molecule has 0 saturated heterocycles. The summed E-state index contributed by atoms with van der Waals surface area (Å²) in [7, 11) is 0. The van der Waals surface area contributed by atoms with Crippen LogP contribution in [0.2, 0.25) is 0 Å². The summed E-state index contributed by atoms with van der Waals surface area (Å²) in [6, 6.07) is 12.1. The largest absolute Gasteiger partial charge is 0.422 e. The van der Waals surface area contributed by atoms with Crippen molar-refractivity contribution in [2.24, 2.45) is 0 Å². The molecule has 0 aliphatic rings. The molecular formula is C20H17FO4. The molecule has 0 aliphatic carbocycles. The normalized spacial score (nSPS) is 10.8. The van der Waals surface area contributed by atoms with Crippen LogP contribution in [0.4, 0.5) is 4.39 Å². The van der Waals surface area contributed by atoms with Crippen LogP contribution in [0.15, 0.2) is 57.7 Å². The lowest BCUT2D eigenvalue weighted by Gasteiger charge is -2.11. The van der Waals surface area contributed by atoms with E-state index in [0.717, 1.165) is 18.9 Å². The first-order valence-corrected chi connectivity index (χ1v) is 8.12. The van der Waals surface area contributed by atoms with Gasteiger partial charge in [-0.25, -0.2) is 14.0 Å². The van der Waals surface area contributed by atoms with Crippen LogP contribution in [0.5, 0.6) is 5.75 Å². The van der Waals surface area contributed by atoms with Crippen LogP contribution in [0, 0.1) is 5.82 Å². The summed E-state index contributed by atoms with van der Waals surface area (Å²) < 4.78 is 24.2. The van der Waals surface area contributed by atoms with E-state index in [9.17, 15) is 14.0 Å². The molecule has 0 aliphatic heterocycles. The Morgan fingerprint density at radius 3 is 2.72 bits per heavy atom. The summed E-state index contributed by atoms with van der Waals surface area (Å²) in [5.74, 6) is -1.05. The Labute approximate surface area is 143 Å². The van der Waals surface area contributed by atoms with Crippen molar-refractivity contribution < 1.29 is 18.3 Å². The van der Waals surface area contributed by atoms with Crippen molar-refractivity contribution in [1.29, 1.82) is 0 Å². The van der Waals surface area contributed by atoms with Gasteiger partial charge >= 0.3 is 11.6 Å². The number of esters is 1. The van der Waals surface area contributed by atoms with E-state index < -0.39 is 17.4 Å². The highest BCUT2D eigenvalue weighted by atomic mass is 19.1. The van der Waals surface area contributed by atoms with E-state index in [1.165, 1.54) is 18.2 Å². The topological polar surface area (TPSA) is 56.5 Å². The summed E-state index contributed by atoms with van der Waals surface area (Å²) >= 11 is 0. The van der Waals surface area contributed by atoms with Crippen LogP contribution >= 0.6 is 0 Å². The van der Waals surface area contributed by atoms with Gasteiger partial charge in [0.15, 0.2) is 5.75 Å². The Kier molecular flexibility index (Phi) is 4.93. The molecule has 128 valence electrons. The third-order valence-electron chi connectivity index (χ3n) is 3.89. The van der Waals surface area contributed by atoms with E-state index in [-0.39, 0.29) is 11.3 Å². The molecule has 0 fully saturated rings. The average Bonchev–Trinajstić information content (AvgIpc) is 2.61. The number of hydrogen-bond donors (Lipinski definition) is 0. The number of ether oxygens (including phenoxy) is 1. The maximum absolute atomic E-state index is 13.4. The van der Waals surface area contributed by atoms with E-state index in [4.69, 9.17) is 9.15 Å². The minimum absolute atomic E-state index is 0.0822. The van der Waals surface area contributed by atoms with Crippen molar-refractivity contribution in [2.45, 2.75) is 26.2 Å². The van der Waals surface area contributed by atoms with Gasteiger partial charge in [0.2, 0.25) is 0 Å². The maximum Gasteiger partial charge on any atom is 0.343 e. The van der Waals surface area contributed by atoms with Crippen LogP contribution in [0.1, 0.15) is 35.7 Å². The average molecular weight is 340 g/mol. The predicted molar refractivity (Wildman–Crippen MR) is 92.5 cm³/mol. The SMILES string of the molecule is CCCCc1c(OC(=O)c2cccc(F)c2)c2ccccc2oc1=O. The van der Waals surface area contributed by atoms with Gasteiger partial charge in [0, 0.05) is 0 Å².